The Morgan fingerprint density at radius 1 is 1.56 bits per heavy atom. The lowest BCUT2D eigenvalue weighted by atomic mass is 10.9. The molecular weight excluding hydrogens is 160 g/mol. The average molecular weight is 175 g/mol. The van der Waals surface area contributed by atoms with Crippen molar-refractivity contribution in [1.82, 2.24) is 0 Å². The molecule has 0 atom stereocenters. The van der Waals surface area contributed by atoms with Crippen molar-refractivity contribution in [1.29, 1.82) is 1.12 Å². The molecule has 0 heterocycles. The van der Waals surface area contributed by atoms with Gasteiger partial charge in [0, 0.05) is 20.0 Å². The molecule has 0 N–H and O–H groups in total. The summed E-state index contributed by atoms with van der Waals surface area (Å²) in [6.07, 6.45) is 0. The number of hydrogen-bond acceptors (Lipinski definition) is 3. The van der Waals surface area contributed by atoms with Crippen molar-refractivity contribution in [3.63, 3.8) is 0 Å². The van der Waals surface area contributed by atoms with Gasteiger partial charge in [0.25, 0.3) is 0 Å². The van der Waals surface area contributed by atoms with Crippen LogP contribution in [0, 0.1) is 0 Å². The van der Waals surface area contributed by atoms with E-state index in [0.717, 1.165) is 18.3 Å². The number of alkyl halides is 1. The van der Waals surface area contributed by atoms with Crippen molar-refractivity contribution in [2.24, 2.45) is 0 Å². The minimum atomic E-state index is 0.292. The van der Waals surface area contributed by atoms with E-state index in [0.29, 0.717) is 12.7 Å². The van der Waals surface area contributed by atoms with Crippen LogP contribution in [0.3, 0.4) is 0 Å². The molecule has 0 bridgehead atoms. The Bertz CT molecular complexity index is 44.6. The highest BCUT2D eigenvalue weighted by Crippen LogP contribution is 1.69. The summed E-state index contributed by atoms with van der Waals surface area (Å²) in [5.41, 5.74) is 0. The van der Waals surface area contributed by atoms with Crippen LogP contribution in [0.5, 0.6) is 0 Å². The van der Waals surface area contributed by atoms with E-state index in [2.05, 4.69) is 9.47 Å². The molecule has 9 heavy (non-hydrogen) atoms. The third-order valence-corrected chi connectivity index (χ3v) is 0.781. The summed E-state index contributed by atoms with van der Waals surface area (Å²) >= 11 is 6.01. The average Bonchev–Trinajstić information content (AvgIpc) is 2.01. The number of hydrogen-bond donors (Lipinski definition) is 1. The SMILES string of the molecule is COCCl.[3H]SCCOC. The van der Waals surface area contributed by atoms with Crippen molar-refractivity contribution in [3.8, 4) is 0 Å². The number of rotatable bonds is 4. The van der Waals surface area contributed by atoms with E-state index in [1.165, 1.54) is 0 Å². The van der Waals surface area contributed by atoms with E-state index < -0.39 is 0 Å². The molecular formula is C5H13ClO2S. The van der Waals surface area contributed by atoms with Crippen molar-refractivity contribution in [2.75, 3.05) is 32.6 Å². The summed E-state index contributed by atoms with van der Waals surface area (Å²) in [4.78, 5) is 0. The summed E-state index contributed by atoms with van der Waals surface area (Å²) in [5, 5.41) is 0. The Labute approximate surface area is 68.0 Å². The van der Waals surface area contributed by atoms with Gasteiger partial charge in [0.15, 0.2) is 0 Å². The molecule has 0 aliphatic rings. The number of methoxy groups -OCH3 is 2. The van der Waals surface area contributed by atoms with Crippen molar-refractivity contribution in [3.05, 3.63) is 0 Å². The molecule has 0 saturated carbocycles. The quantitative estimate of drug-likeness (QED) is 0.395. The molecule has 4 heteroatoms. The Kier molecular flexibility index (Phi) is 16.8. The Hall–Kier alpha value is 0.560. The van der Waals surface area contributed by atoms with E-state index in [1.807, 2.05) is 0 Å². The summed E-state index contributed by atoms with van der Waals surface area (Å²) in [7, 11) is 3.18. The fraction of sp³-hybridized carbons (Fsp3) is 1.00. The molecule has 0 rings (SSSR count). The van der Waals surface area contributed by atoms with Gasteiger partial charge in [-0.05, 0) is 0 Å². The number of halogens is 1. The summed E-state index contributed by atoms with van der Waals surface area (Å²) < 4.78 is 15.5. The predicted octanol–water partition coefficient (Wildman–Crippen LogP) is 1.39. The maximum atomic E-state index is 6.54. The van der Waals surface area contributed by atoms with Gasteiger partial charge < -0.3 is 9.47 Å². The minimum absolute atomic E-state index is 0.292. The lowest BCUT2D eigenvalue weighted by Crippen LogP contribution is -1.85. The highest BCUT2D eigenvalue weighted by Gasteiger charge is 1.66. The topological polar surface area (TPSA) is 18.5 Å². The zero-order chi connectivity index (χ0) is 8.24. The Morgan fingerprint density at radius 2 is 2.11 bits per heavy atom. The number of thiol groups is 1. The molecule has 0 aliphatic carbocycles. The second-order valence-electron chi connectivity index (χ2n) is 1.09. The van der Waals surface area contributed by atoms with Gasteiger partial charge in [0.2, 0.25) is 0 Å². The minimum Gasteiger partial charge on any atom is -0.384 e. The van der Waals surface area contributed by atoms with Gasteiger partial charge in [-0.2, -0.15) is 12.5 Å². The third-order valence-electron chi connectivity index (χ3n) is 0.397. The van der Waals surface area contributed by atoms with E-state index in [-0.39, 0.29) is 0 Å². The first-order chi connectivity index (χ1) is 4.83. The van der Waals surface area contributed by atoms with Gasteiger partial charge >= 0.3 is 0 Å². The highest BCUT2D eigenvalue weighted by atomic mass is 35.5. The lowest BCUT2D eigenvalue weighted by Gasteiger charge is -1.84. The largest absolute Gasteiger partial charge is 0.384 e. The van der Waals surface area contributed by atoms with Crippen LogP contribution < -0.4 is 0 Å². The standard InChI is InChI=1S/C3H8OS.C2H5ClO/c1-4-2-3-5;1-4-2-3/h5H,2-3H2,1H3;2H2,1H3/i/hT. The van der Waals surface area contributed by atoms with Crippen LogP contribution in [0.1, 0.15) is 0 Å². The Morgan fingerprint density at radius 3 is 2.22 bits per heavy atom. The molecule has 0 unspecified atom stereocenters. The fourth-order valence-corrected chi connectivity index (χ4v) is 0.250. The molecule has 0 aromatic heterocycles. The van der Waals surface area contributed by atoms with Gasteiger partial charge in [-0.25, -0.2) is 0 Å². The molecule has 0 saturated heterocycles. The summed E-state index contributed by atoms with van der Waals surface area (Å²) in [6, 6.07) is 0.292. The fourth-order valence-electron chi connectivity index (χ4n) is 0.0833. The molecule has 0 radical (unpaired) electrons. The van der Waals surface area contributed by atoms with E-state index in [1.54, 1.807) is 14.2 Å². The third kappa shape index (κ3) is 29.1. The first-order valence-corrected chi connectivity index (χ1v) is 3.56. The predicted molar refractivity (Wildman–Crippen MR) is 43.5 cm³/mol. The maximum Gasteiger partial charge on any atom is 0.120 e. The first kappa shape index (κ1) is 9.56. The van der Waals surface area contributed by atoms with Gasteiger partial charge in [0.1, 0.15) is 7.19 Å². The smallest absolute Gasteiger partial charge is 0.120 e. The van der Waals surface area contributed by atoms with Gasteiger partial charge in [-0.3, -0.25) is 0 Å². The molecule has 0 aliphatic heterocycles. The molecule has 0 spiro atoms. The van der Waals surface area contributed by atoms with E-state index in [9.17, 15) is 0 Å². The normalized spacial score (nSPS) is 9.44. The molecule has 0 aromatic rings. The van der Waals surface area contributed by atoms with Crippen molar-refractivity contribution in [2.45, 2.75) is 0 Å². The van der Waals surface area contributed by atoms with Gasteiger partial charge in [-0.1, -0.05) is 11.6 Å². The van der Waals surface area contributed by atoms with Crippen LogP contribution >= 0.6 is 24.1 Å². The van der Waals surface area contributed by atoms with Crippen molar-refractivity contribution >= 4 is 24.1 Å². The highest BCUT2D eigenvalue weighted by molar-refractivity contribution is 7.80. The lowest BCUT2D eigenvalue weighted by molar-refractivity contribution is 0.219. The van der Waals surface area contributed by atoms with E-state index >= 15 is 0 Å². The zero-order valence-electron chi connectivity index (χ0n) is 6.72. The Balaban J connectivity index is 0. The molecule has 2 nitrogen and oxygen atoms in total. The first-order valence-electron chi connectivity index (χ1n) is 2.86. The molecule has 0 amide bonds. The van der Waals surface area contributed by atoms with Crippen molar-refractivity contribution < 1.29 is 9.47 Å². The van der Waals surface area contributed by atoms with Gasteiger partial charge in [-0.15, -0.1) is 0 Å². The molecule has 0 fully saturated rings. The number of ether oxygens (including phenoxy) is 2. The zero-order valence-corrected chi connectivity index (χ0v) is 7.30. The summed E-state index contributed by atoms with van der Waals surface area (Å²) in [6.45, 7) is 0.689. The van der Waals surface area contributed by atoms with Crippen LogP contribution in [0.25, 0.3) is 0 Å². The maximum absolute atomic E-state index is 6.54. The molecule has 58 valence electrons. The molecule has 0 aromatic carbocycles. The van der Waals surface area contributed by atoms with Crippen LogP contribution in [0.4, 0.5) is 0 Å². The van der Waals surface area contributed by atoms with Crippen LogP contribution in [-0.2, 0) is 9.47 Å². The summed E-state index contributed by atoms with van der Waals surface area (Å²) in [5.74, 6) is 0.774. The van der Waals surface area contributed by atoms with Gasteiger partial charge in [0.05, 0.1) is 6.61 Å². The van der Waals surface area contributed by atoms with Crippen LogP contribution in [0.15, 0.2) is 0 Å². The van der Waals surface area contributed by atoms with Crippen LogP contribution in [-0.4, -0.2) is 33.8 Å². The second-order valence-corrected chi connectivity index (χ2v) is 1.72. The van der Waals surface area contributed by atoms with Crippen LogP contribution in [0.2, 0.25) is 0 Å². The van der Waals surface area contributed by atoms with E-state index in [4.69, 9.17) is 12.7 Å². The monoisotopic (exact) mass is 174 g/mol. The second kappa shape index (κ2) is 15.8.